The lowest BCUT2D eigenvalue weighted by Gasteiger charge is -2.10. The monoisotopic (exact) mass is 386 g/mol. The van der Waals surface area contributed by atoms with Gasteiger partial charge in [0.1, 0.15) is 0 Å². The van der Waals surface area contributed by atoms with Crippen molar-refractivity contribution >= 4 is 44.6 Å². The lowest BCUT2D eigenvalue weighted by molar-refractivity contribution is 0.791. The van der Waals surface area contributed by atoms with Crippen molar-refractivity contribution in [1.29, 1.82) is 0 Å². The summed E-state index contributed by atoms with van der Waals surface area (Å²) >= 11 is 6.87. The number of nitrogens with one attached hydrogen (secondary N) is 2. The molecule has 0 bridgehead atoms. The molecule has 2 heterocycles. The van der Waals surface area contributed by atoms with Gasteiger partial charge in [-0.2, -0.15) is 0 Å². The van der Waals surface area contributed by atoms with Crippen molar-refractivity contribution in [2.75, 3.05) is 13.1 Å². The summed E-state index contributed by atoms with van der Waals surface area (Å²) in [6, 6.07) is 2.11. The largest absolute Gasteiger partial charge is 0.357 e. The minimum Gasteiger partial charge on any atom is -0.357 e. The summed E-state index contributed by atoms with van der Waals surface area (Å²) in [7, 11) is 0. The van der Waals surface area contributed by atoms with Crippen LogP contribution in [0.1, 0.15) is 22.5 Å². The highest BCUT2D eigenvalue weighted by Crippen LogP contribution is 2.20. The summed E-state index contributed by atoms with van der Waals surface area (Å²) < 4.78 is 1.12. The summed E-state index contributed by atoms with van der Waals surface area (Å²) in [4.78, 5) is 10.3. The molecule has 0 spiro atoms. The van der Waals surface area contributed by atoms with Crippen LogP contribution in [-0.2, 0) is 13.0 Å². The van der Waals surface area contributed by atoms with Crippen LogP contribution in [0.15, 0.2) is 26.3 Å². The molecule has 0 fully saturated rings. The second-order valence-electron chi connectivity index (χ2n) is 4.46. The number of rotatable bonds is 6. The van der Waals surface area contributed by atoms with Gasteiger partial charge < -0.3 is 10.6 Å². The van der Waals surface area contributed by atoms with Gasteiger partial charge in [-0.1, -0.05) is 0 Å². The van der Waals surface area contributed by atoms with Crippen molar-refractivity contribution in [3.63, 3.8) is 0 Å². The summed E-state index contributed by atoms with van der Waals surface area (Å²) in [6.45, 7) is 6.50. The van der Waals surface area contributed by atoms with Gasteiger partial charge in [-0.05, 0) is 35.8 Å². The Hall–Kier alpha value is -0.920. The van der Waals surface area contributed by atoms with Crippen LogP contribution in [0.4, 0.5) is 0 Å². The molecule has 114 valence electrons. The smallest absolute Gasteiger partial charge is 0.191 e. The molecule has 2 N–H and O–H groups in total. The number of aryl methyl sites for hydroxylation is 1. The summed E-state index contributed by atoms with van der Waals surface area (Å²) in [5, 5.41) is 11.9. The molecule has 0 aliphatic rings. The Bertz CT molecular complexity index is 591. The number of thiazole rings is 1. The topological polar surface area (TPSA) is 49.3 Å². The first-order chi connectivity index (χ1) is 10.2. The lowest BCUT2D eigenvalue weighted by atomic mass is 10.3. The van der Waals surface area contributed by atoms with Crippen LogP contribution < -0.4 is 10.6 Å². The summed E-state index contributed by atoms with van der Waals surface area (Å²) in [5.74, 6) is 0.856. The highest BCUT2D eigenvalue weighted by Gasteiger charge is 2.01. The van der Waals surface area contributed by atoms with Crippen molar-refractivity contribution < 1.29 is 0 Å². The van der Waals surface area contributed by atoms with E-state index >= 15 is 0 Å². The molecule has 0 saturated heterocycles. The number of halogens is 1. The summed E-state index contributed by atoms with van der Waals surface area (Å²) in [6.07, 6.45) is 0.916. The van der Waals surface area contributed by atoms with E-state index in [0.717, 1.165) is 40.6 Å². The van der Waals surface area contributed by atoms with Crippen molar-refractivity contribution in [2.24, 2.45) is 4.99 Å². The molecule has 0 aliphatic heterocycles. The molecule has 4 nitrogen and oxygen atoms in total. The van der Waals surface area contributed by atoms with Crippen molar-refractivity contribution in [1.82, 2.24) is 15.6 Å². The van der Waals surface area contributed by atoms with Gasteiger partial charge in [-0.3, -0.25) is 0 Å². The molecule has 0 aromatic carbocycles. The van der Waals surface area contributed by atoms with E-state index in [1.165, 1.54) is 4.88 Å². The van der Waals surface area contributed by atoms with E-state index in [1.54, 1.807) is 22.7 Å². The quantitative estimate of drug-likeness (QED) is 0.589. The highest BCUT2D eigenvalue weighted by molar-refractivity contribution is 9.10. The van der Waals surface area contributed by atoms with Crippen LogP contribution in [0.25, 0.3) is 0 Å². The minimum absolute atomic E-state index is 0.696. The zero-order valence-electron chi connectivity index (χ0n) is 12.1. The number of aromatic nitrogens is 1. The third kappa shape index (κ3) is 5.76. The van der Waals surface area contributed by atoms with E-state index in [1.807, 2.05) is 6.92 Å². The Balaban J connectivity index is 1.83. The molecule has 0 amide bonds. The Kier molecular flexibility index (Phi) is 6.66. The molecular weight excluding hydrogens is 368 g/mol. The zero-order chi connectivity index (χ0) is 15.1. The maximum Gasteiger partial charge on any atom is 0.191 e. The second-order valence-corrected chi connectivity index (χ2v) is 7.43. The first-order valence-electron chi connectivity index (χ1n) is 6.83. The molecule has 0 unspecified atom stereocenters. The Morgan fingerprint density at radius 2 is 2.19 bits per heavy atom. The molecule has 0 saturated carbocycles. The van der Waals surface area contributed by atoms with E-state index in [4.69, 9.17) is 0 Å². The lowest BCUT2D eigenvalue weighted by Crippen LogP contribution is -2.38. The van der Waals surface area contributed by atoms with Crippen LogP contribution in [0.2, 0.25) is 0 Å². The number of nitrogens with zero attached hydrogens (tertiary/aromatic N) is 2. The standard InChI is InChI=1S/C14H19BrN4S2/c1-3-16-14(18-7-13-6-11(15)8-21-13)17-5-4-12-9-20-10(2)19-12/h6,8-9H,3-5,7H2,1-2H3,(H2,16,17,18). The van der Waals surface area contributed by atoms with Crippen LogP contribution in [0, 0.1) is 6.92 Å². The summed E-state index contributed by atoms with van der Waals surface area (Å²) in [5.41, 5.74) is 1.14. The Labute approximate surface area is 141 Å². The molecule has 2 aromatic rings. The minimum atomic E-state index is 0.696. The fourth-order valence-electron chi connectivity index (χ4n) is 1.77. The van der Waals surface area contributed by atoms with Gasteiger partial charge >= 0.3 is 0 Å². The van der Waals surface area contributed by atoms with Crippen LogP contribution >= 0.6 is 38.6 Å². The molecule has 0 atom stereocenters. The van der Waals surface area contributed by atoms with Crippen molar-refractivity contribution in [2.45, 2.75) is 26.8 Å². The van der Waals surface area contributed by atoms with E-state index in [9.17, 15) is 0 Å². The highest BCUT2D eigenvalue weighted by atomic mass is 79.9. The molecule has 0 aliphatic carbocycles. The number of thiophene rings is 1. The van der Waals surface area contributed by atoms with Gasteiger partial charge in [0.05, 0.1) is 17.2 Å². The number of hydrogen-bond acceptors (Lipinski definition) is 4. The first kappa shape index (κ1) is 16.5. The molecule has 0 radical (unpaired) electrons. The third-order valence-corrected chi connectivity index (χ3v) is 5.20. The van der Waals surface area contributed by atoms with E-state index < -0.39 is 0 Å². The van der Waals surface area contributed by atoms with Crippen molar-refractivity contribution in [3.8, 4) is 0 Å². The normalized spacial score (nSPS) is 11.7. The molecule has 2 aromatic heterocycles. The third-order valence-electron chi connectivity index (χ3n) is 2.70. The molecule has 21 heavy (non-hydrogen) atoms. The molecule has 2 rings (SSSR count). The predicted molar refractivity (Wildman–Crippen MR) is 95.4 cm³/mol. The van der Waals surface area contributed by atoms with Gasteiger partial charge in [0.25, 0.3) is 0 Å². The van der Waals surface area contributed by atoms with Crippen LogP contribution in [0.3, 0.4) is 0 Å². The van der Waals surface area contributed by atoms with Gasteiger partial charge in [0.2, 0.25) is 0 Å². The SMILES string of the molecule is CCNC(=NCc1cc(Br)cs1)NCCc1csc(C)n1. The van der Waals surface area contributed by atoms with Gasteiger partial charge in [-0.25, -0.2) is 9.98 Å². The maximum atomic E-state index is 4.60. The zero-order valence-corrected chi connectivity index (χ0v) is 15.4. The number of aliphatic imine (C=N–C) groups is 1. The van der Waals surface area contributed by atoms with Gasteiger partial charge in [0.15, 0.2) is 5.96 Å². The van der Waals surface area contributed by atoms with E-state index in [-0.39, 0.29) is 0 Å². The average molecular weight is 387 g/mol. The van der Waals surface area contributed by atoms with Gasteiger partial charge in [0, 0.05) is 39.6 Å². The maximum absolute atomic E-state index is 4.60. The number of guanidine groups is 1. The fourth-order valence-corrected chi connectivity index (χ4v) is 3.79. The second kappa shape index (κ2) is 8.51. The van der Waals surface area contributed by atoms with Gasteiger partial charge in [-0.15, -0.1) is 22.7 Å². The van der Waals surface area contributed by atoms with Crippen LogP contribution in [-0.4, -0.2) is 24.0 Å². The predicted octanol–water partition coefficient (Wildman–Crippen LogP) is 3.57. The van der Waals surface area contributed by atoms with E-state index in [0.29, 0.717) is 6.54 Å². The Morgan fingerprint density at radius 1 is 1.33 bits per heavy atom. The fraction of sp³-hybridized carbons (Fsp3) is 0.429. The van der Waals surface area contributed by atoms with Crippen molar-refractivity contribution in [3.05, 3.63) is 36.9 Å². The van der Waals surface area contributed by atoms with Crippen LogP contribution in [0.5, 0.6) is 0 Å². The molecular formula is C14H19BrN4S2. The Morgan fingerprint density at radius 3 is 2.81 bits per heavy atom. The van der Waals surface area contributed by atoms with E-state index in [2.05, 4.69) is 60.3 Å². The number of hydrogen-bond donors (Lipinski definition) is 2. The average Bonchev–Trinajstić information content (AvgIpc) is 3.05. The molecule has 7 heteroatoms. The first-order valence-corrected chi connectivity index (χ1v) is 9.38.